The second kappa shape index (κ2) is 5.80. The summed E-state index contributed by atoms with van der Waals surface area (Å²) in [4.78, 5) is 23.2. The molecular weight excluding hydrogens is 294 g/mol. The lowest BCUT2D eigenvalue weighted by atomic mass is 10.2. The zero-order valence-corrected chi connectivity index (χ0v) is 11.8. The topological polar surface area (TPSA) is 84.9 Å². The zero-order valence-electron chi connectivity index (χ0n) is 11.0. The van der Waals surface area contributed by atoms with Crippen LogP contribution in [0.15, 0.2) is 24.3 Å². The van der Waals surface area contributed by atoms with Crippen LogP contribution in [-0.2, 0) is 14.3 Å². The second-order valence-electron chi connectivity index (χ2n) is 4.59. The number of hydrogen-bond donors (Lipinski definition) is 2. The Labute approximate surface area is 124 Å². The molecule has 2 aromatic rings. The molecule has 110 valence electrons. The summed E-state index contributed by atoms with van der Waals surface area (Å²) in [5.41, 5.74) is 0.608. The van der Waals surface area contributed by atoms with Crippen molar-refractivity contribution in [2.75, 3.05) is 25.1 Å². The standard InChI is InChI=1S/C14H13NO5S/c16-13(10-7-19-3-4-20-10)15-9-1-2-11-8(5-9)6-12(21-11)14(17)18/h1-2,5-6,10H,3-4,7H2,(H,15,16)(H,17,18)/t10-/m0/s1. The number of ether oxygens (including phenoxy) is 2. The van der Waals surface area contributed by atoms with Gasteiger partial charge in [0.25, 0.3) is 5.91 Å². The minimum absolute atomic E-state index is 0.246. The molecule has 2 N–H and O–H groups in total. The maximum absolute atomic E-state index is 12.0. The number of anilines is 1. The summed E-state index contributed by atoms with van der Waals surface area (Å²) in [7, 11) is 0. The second-order valence-corrected chi connectivity index (χ2v) is 5.68. The van der Waals surface area contributed by atoms with Crippen molar-refractivity contribution in [1.29, 1.82) is 0 Å². The van der Waals surface area contributed by atoms with Crippen LogP contribution in [0.1, 0.15) is 9.67 Å². The molecule has 1 atom stereocenters. The van der Waals surface area contributed by atoms with Gasteiger partial charge in [-0.05, 0) is 29.7 Å². The molecule has 0 saturated carbocycles. The summed E-state index contributed by atoms with van der Waals surface area (Å²) in [6, 6.07) is 6.88. The van der Waals surface area contributed by atoms with Gasteiger partial charge < -0.3 is 19.9 Å². The van der Waals surface area contributed by atoms with Crippen LogP contribution in [0.5, 0.6) is 0 Å². The molecule has 1 aromatic carbocycles. The first-order chi connectivity index (χ1) is 10.1. The number of carboxylic acids is 1. The predicted octanol–water partition coefficient (Wildman–Crippen LogP) is 1.95. The molecule has 0 spiro atoms. The third kappa shape index (κ3) is 3.05. The largest absolute Gasteiger partial charge is 0.477 e. The molecule has 7 heteroatoms. The van der Waals surface area contributed by atoms with Gasteiger partial charge in [-0.1, -0.05) is 0 Å². The van der Waals surface area contributed by atoms with Crippen LogP contribution >= 0.6 is 11.3 Å². The van der Waals surface area contributed by atoms with Crippen LogP contribution in [0.3, 0.4) is 0 Å². The van der Waals surface area contributed by atoms with Gasteiger partial charge in [0.2, 0.25) is 0 Å². The van der Waals surface area contributed by atoms with Gasteiger partial charge in [0.1, 0.15) is 4.88 Å². The molecule has 6 nitrogen and oxygen atoms in total. The first-order valence-electron chi connectivity index (χ1n) is 6.40. The van der Waals surface area contributed by atoms with Crippen LogP contribution in [0.2, 0.25) is 0 Å². The van der Waals surface area contributed by atoms with E-state index in [9.17, 15) is 9.59 Å². The first-order valence-corrected chi connectivity index (χ1v) is 7.22. The lowest BCUT2D eigenvalue weighted by Crippen LogP contribution is -2.39. The first kappa shape index (κ1) is 14.0. The fourth-order valence-corrected chi connectivity index (χ4v) is 2.97. The zero-order chi connectivity index (χ0) is 14.8. The molecule has 0 unspecified atom stereocenters. The van der Waals surface area contributed by atoms with Crippen molar-refractivity contribution >= 4 is 39.0 Å². The molecule has 3 rings (SSSR count). The van der Waals surface area contributed by atoms with Crippen molar-refractivity contribution in [3.05, 3.63) is 29.1 Å². The molecule has 1 aliphatic heterocycles. The van der Waals surface area contributed by atoms with E-state index < -0.39 is 12.1 Å². The molecule has 0 aliphatic carbocycles. The van der Waals surface area contributed by atoms with Gasteiger partial charge in [-0.25, -0.2) is 4.79 Å². The number of benzene rings is 1. The molecular formula is C14H13NO5S. The minimum Gasteiger partial charge on any atom is -0.477 e. The Balaban J connectivity index is 1.77. The van der Waals surface area contributed by atoms with E-state index in [4.69, 9.17) is 14.6 Å². The fraction of sp³-hybridized carbons (Fsp3) is 0.286. The quantitative estimate of drug-likeness (QED) is 0.905. The summed E-state index contributed by atoms with van der Waals surface area (Å²) in [5, 5.41) is 12.5. The lowest BCUT2D eigenvalue weighted by Gasteiger charge is -2.22. The van der Waals surface area contributed by atoms with E-state index in [1.165, 1.54) is 11.3 Å². The Morgan fingerprint density at radius 1 is 1.29 bits per heavy atom. The summed E-state index contributed by atoms with van der Waals surface area (Å²) in [5.74, 6) is -1.21. The minimum atomic E-state index is -0.950. The highest BCUT2D eigenvalue weighted by molar-refractivity contribution is 7.20. The molecule has 0 bridgehead atoms. The number of amides is 1. The predicted molar refractivity (Wildman–Crippen MR) is 78.0 cm³/mol. The molecule has 1 amide bonds. The Morgan fingerprint density at radius 3 is 2.86 bits per heavy atom. The van der Waals surface area contributed by atoms with Gasteiger partial charge in [-0.2, -0.15) is 0 Å². The average molecular weight is 307 g/mol. The summed E-state index contributed by atoms with van der Waals surface area (Å²) in [6.45, 7) is 1.15. The van der Waals surface area contributed by atoms with E-state index in [-0.39, 0.29) is 17.4 Å². The normalized spacial score (nSPS) is 18.6. The van der Waals surface area contributed by atoms with Crippen molar-refractivity contribution in [3.63, 3.8) is 0 Å². The molecule has 21 heavy (non-hydrogen) atoms. The lowest BCUT2D eigenvalue weighted by molar-refractivity contribution is -0.142. The van der Waals surface area contributed by atoms with E-state index in [1.807, 2.05) is 0 Å². The summed E-state index contributed by atoms with van der Waals surface area (Å²) >= 11 is 1.20. The summed E-state index contributed by atoms with van der Waals surface area (Å²) in [6.07, 6.45) is -0.605. The van der Waals surface area contributed by atoms with Crippen LogP contribution in [0.25, 0.3) is 10.1 Å². The number of carbonyl (C=O) groups is 2. The van der Waals surface area contributed by atoms with Crippen LogP contribution in [-0.4, -0.2) is 42.9 Å². The molecule has 0 radical (unpaired) electrons. The number of carboxylic acid groups (broad SMARTS) is 1. The number of fused-ring (bicyclic) bond motifs is 1. The monoisotopic (exact) mass is 307 g/mol. The van der Waals surface area contributed by atoms with Gasteiger partial charge in [-0.3, -0.25) is 4.79 Å². The number of thiophene rings is 1. The van der Waals surface area contributed by atoms with Crippen molar-refractivity contribution in [3.8, 4) is 0 Å². The van der Waals surface area contributed by atoms with E-state index in [1.54, 1.807) is 24.3 Å². The fourth-order valence-electron chi connectivity index (χ4n) is 2.09. The van der Waals surface area contributed by atoms with Gasteiger partial charge in [0.05, 0.1) is 19.8 Å². The summed E-state index contributed by atoms with van der Waals surface area (Å²) < 4.78 is 11.4. The molecule has 1 fully saturated rings. The van der Waals surface area contributed by atoms with Crippen LogP contribution in [0, 0.1) is 0 Å². The Bertz CT molecular complexity index is 690. The number of hydrogen-bond acceptors (Lipinski definition) is 5. The van der Waals surface area contributed by atoms with Crippen LogP contribution in [0.4, 0.5) is 5.69 Å². The third-order valence-corrected chi connectivity index (χ3v) is 4.21. The molecule has 1 saturated heterocycles. The number of rotatable bonds is 3. The maximum atomic E-state index is 12.0. The highest BCUT2D eigenvalue weighted by Crippen LogP contribution is 2.28. The Morgan fingerprint density at radius 2 is 2.14 bits per heavy atom. The van der Waals surface area contributed by atoms with E-state index >= 15 is 0 Å². The van der Waals surface area contributed by atoms with Gasteiger partial charge in [0.15, 0.2) is 6.10 Å². The maximum Gasteiger partial charge on any atom is 0.345 e. The highest BCUT2D eigenvalue weighted by atomic mass is 32.1. The van der Waals surface area contributed by atoms with E-state index in [0.717, 1.165) is 10.1 Å². The highest BCUT2D eigenvalue weighted by Gasteiger charge is 2.22. The number of carbonyl (C=O) groups excluding carboxylic acids is 1. The molecule has 1 aromatic heterocycles. The van der Waals surface area contributed by atoms with Gasteiger partial charge in [0, 0.05) is 10.4 Å². The number of aromatic carboxylic acids is 1. The Hall–Kier alpha value is -1.96. The Kier molecular flexibility index (Phi) is 3.87. The van der Waals surface area contributed by atoms with Gasteiger partial charge >= 0.3 is 5.97 Å². The SMILES string of the molecule is O=C(O)c1cc2cc(NC(=O)[C@@H]3COCCO3)ccc2s1. The van der Waals surface area contributed by atoms with Crippen molar-refractivity contribution in [1.82, 2.24) is 0 Å². The van der Waals surface area contributed by atoms with Crippen molar-refractivity contribution in [2.45, 2.75) is 6.10 Å². The van der Waals surface area contributed by atoms with Crippen molar-refractivity contribution in [2.24, 2.45) is 0 Å². The van der Waals surface area contributed by atoms with Crippen molar-refractivity contribution < 1.29 is 24.2 Å². The van der Waals surface area contributed by atoms with E-state index in [0.29, 0.717) is 18.9 Å². The number of nitrogens with one attached hydrogen (secondary N) is 1. The van der Waals surface area contributed by atoms with Crippen LogP contribution < -0.4 is 5.32 Å². The molecule has 2 heterocycles. The van der Waals surface area contributed by atoms with Gasteiger partial charge in [-0.15, -0.1) is 11.3 Å². The smallest absolute Gasteiger partial charge is 0.345 e. The third-order valence-electron chi connectivity index (χ3n) is 3.10. The average Bonchev–Trinajstić information content (AvgIpc) is 2.91. The molecule has 1 aliphatic rings. The van der Waals surface area contributed by atoms with E-state index in [2.05, 4.69) is 5.32 Å².